The minimum Gasteiger partial charge on any atom is -0.358 e. The number of amides is 1. The van der Waals surface area contributed by atoms with E-state index in [1.807, 2.05) is 0 Å². The van der Waals surface area contributed by atoms with Gasteiger partial charge in [-0.05, 0) is 22.7 Å². The highest BCUT2D eigenvalue weighted by molar-refractivity contribution is 5.76. The highest BCUT2D eigenvalue weighted by atomic mass is 16.6. The Hall–Kier alpha value is -1.96. The van der Waals surface area contributed by atoms with Gasteiger partial charge in [0.1, 0.15) is 12.7 Å². The number of hydrogen-bond acceptors (Lipinski definition) is 5. The summed E-state index contributed by atoms with van der Waals surface area (Å²) in [7, 11) is 0. The number of nitrogens with zero attached hydrogens (tertiary/aromatic N) is 3. The molecule has 1 saturated carbocycles. The predicted octanol–water partition coefficient (Wildman–Crippen LogP) is 0.487. The van der Waals surface area contributed by atoms with Crippen molar-refractivity contribution in [1.82, 2.24) is 14.9 Å². The molecule has 8 heteroatoms. The summed E-state index contributed by atoms with van der Waals surface area (Å²) in [6.45, 7) is 2.07. The van der Waals surface area contributed by atoms with Gasteiger partial charge in [-0.1, -0.05) is 12.8 Å². The van der Waals surface area contributed by atoms with E-state index in [1.54, 1.807) is 6.92 Å². The maximum absolute atomic E-state index is 12.1. The Morgan fingerprint density at radius 1 is 1.60 bits per heavy atom. The Bertz CT molecular complexity index is 519. The molecule has 0 aromatic carbocycles. The third-order valence-electron chi connectivity index (χ3n) is 3.82. The summed E-state index contributed by atoms with van der Waals surface area (Å²) in [6.07, 6.45) is 5.18. The molecule has 1 aromatic heterocycles. The summed E-state index contributed by atoms with van der Waals surface area (Å²) in [5.41, 5.74) is 5.45. The fraction of sp³-hybridized carbons (Fsp3) is 0.667. The smallest absolute Gasteiger partial charge is 0.358 e. The van der Waals surface area contributed by atoms with Crippen molar-refractivity contribution in [3.8, 4) is 0 Å². The van der Waals surface area contributed by atoms with Crippen LogP contribution in [-0.4, -0.2) is 32.5 Å². The third-order valence-corrected chi connectivity index (χ3v) is 3.82. The molecule has 8 nitrogen and oxygen atoms in total. The SMILES string of the molecule is Cc1nc([N+](=O)[O-])cn1CC(=O)NC1(CN)CCCC1. The van der Waals surface area contributed by atoms with Crippen molar-refractivity contribution in [3.63, 3.8) is 0 Å². The predicted molar refractivity (Wildman–Crippen MR) is 72.0 cm³/mol. The van der Waals surface area contributed by atoms with Gasteiger partial charge in [0.15, 0.2) is 0 Å². The number of carbonyl (C=O) groups excluding carboxylic acids is 1. The molecule has 0 unspecified atom stereocenters. The molecule has 0 bridgehead atoms. The summed E-state index contributed by atoms with van der Waals surface area (Å²) >= 11 is 0. The molecule has 1 aromatic rings. The Morgan fingerprint density at radius 3 is 2.75 bits per heavy atom. The molecule has 0 spiro atoms. The van der Waals surface area contributed by atoms with Crippen LogP contribution >= 0.6 is 0 Å². The van der Waals surface area contributed by atoms with Gasteiger partial charge in [-0.3, -0.25) is 9.36 Å². The molecule has 3 N–H and O–H groups in total. The molecule has 0 aliphatic heterocycles. The van der Waals surface area contributed by atoms with E-state index in [-0.39, 0.29) is 23.8 Å². The molecule has 0 radical (unpaired) electrons. The summed E-state index contributed by atoms with van der Waals surface area (Å²) in [4.78, 5) is 25.9. The average Bonchev–Trinajstić information content (AvgIpc) is 2.98. The first-order valence-electron chi connectivity index (χ1n) is 6.65. The van der Waals surface area contributed by atoms with Crippen LogP contribution in [-0.2, 0) is 11.3 Å². The van der Waals surface area contributed by atoms with Gasteiger partial charge in [-0.25, -0.2) is 0 Å². The van der Waals surface area contributed by atoms with Crippen molar-refractivity contribution in [2.45, 2.75) is 44.7 Å². The van der Waals surface area contributed by atoms with Crippen LogP contribution < -0.4 is 11.1 Å². The fourth-order valence-corrected chi connectivity index (χ4v) is 2.66. The first-order valence-corrected chi connectivity index (χ1v) is 6.65. The van der Waals surface area contributed by atoms with Gasteiger partial charge in [-0.15, -0.1) is 0 Å². The van der Waals surface area contributed by atoms with Crippen molar-refractivity contribution in [2.75, 3.05) is 6.54 Å². The first-order chi connectivity index (χ1) is 9.46. The third kappa shape index (κ3) is 2.96. The standard InChI is InChI=1S/C12H19N5O3/c1-9-14-10(17(19)20)6-16(9)7-11(18)15-12(8-13)4-2-3-5-12/h6H,2-5,7-8,13H2,1H3,(H,15,18). The maximum Gasteiger partial charge on any atom is 0.381 e. The van der Waals surface area contributed by atoms with E-state index in [1.165, 1.54) is 10.8 Å². The first kappa shape index (κ1) is 14.4. The quantitative estimate of drug-likeness (QED) is 0.601. The van der Waals surface area contributed by atoms with Crippen molar-refractivity contribution in [3.05, 3.63) is 22.1 Å². The van der Waals surface area contributed by atoms with Crippen molar-refractivity contribution in [2.24, 2.45) is 5.73 Å². The minimum atomic E-state index is -0.570. The van der Waals surface area contributed by atoms with Gasteiger partial charge < -0.3 is 21.2 Å². The summed E-state index contributed by atoms with van der Waals surface area (Å²) in [6, 6.07) is 0. The summed E-state index contributed by atoms with van der Waals surface area (Å²) < 4.78 is 1.48. The van der Waals surface area contributed by atoms with Crippen molar-refractivity contribution >= 4 is 11.7 Å². The zero-order valence-electron chi connectivity index (χ0n) is 11.5. The van der Waals surface area contributed by atoms with E-state index < -0.39 is 4.92 Å². The largest absolute Gasteiger partial charge is 0.381 e. The number of aryl methyl sites for hydroxylation is 1. The highest BCUT2D eigenvalue weighted by Crippen LogP contribution is 2.28. The second-order valence-electron chi connectivity index (χ2n) is 5.27. The minimum absolute atomic E-state index is 0.0222. The lowest BCUT2D eigenvalue weighted by Gasteiger charge is -2.28. The zero-order valence-corrected chi connectivity index (χ0v) is 11.5. The van der Waals surface area contributed by atoms with Gasteiger partial charge in [0.2, 0.25) is 11.7 Å². The van der Waals surface area contributed by atoms with E-state index in [0.29, 0.717) is 12.4 Å². The van der Waals surface area contributed by atoms with Gasteiger partial charge in [0, 0.05) is 13.5 Å². The number of aromatic nitrogens is 2. The van der Waals surface area contributed by atoms with E-state index in [2.05, 4.69) is 10.3 Å². The topological polar surface area (TPSA) is 116 Å². The molecule has 1 fully saturated rings. The van der Waals surface area contributed by atoms with Crippen LogP contribution in [0.4, 0.5) is 5.82 Å². The molecular weight excluding hydrogens is 262 g/mol. The van der Waals surface area contributed by atoms with Gasteiger partial charge in [0.05, 0.1) is 5.54 Å². The second kappa shape index (κ2) is 5.58. The molecule has 1 amide bonds. The number of nitrogens with two attached hydrogens (primary N) is 1. The van der Waals surface area contributed by atoms with E-state index >= 15 is 0 Å². The number of rotatable bonds is 5. The van der Waals surface area contributed by atoms with Crippen LogP contribution in [0.5, 0.6) is 0 Å². The van der Waals surface area contributed by atoms with E-state index in [0.717, 1.165) is 25.7 Å². The van der Waals surface area contributed by atoms with Crippen molar-refractivity contribution < 1.29 is 9.72 Å². The highest BCUT2D eigenvalue weighted by Gasteiger charge is 2.34. The molecule has 0 saturated heterocycles. The number of hydrogen-bond donors (Lipinski definition) is 2. The van der Waals surface area contributed by atoms with Crippen LogP contribution in [0.2, 0.25) is 0 Å². The van der Waals surface area contributed by atoms with Gasteiger partial charge >= 0.3 is 5.82 Å². The Kier molecular flexibility index (Phi) is 4.03. The fourth-order valence-electron chi connectivity index (χ4n) is 2.66. The van der Waals surface area contributed by atoms with Crippen LogP contribution in [0.25, 0.3) is 0 Å². The summed E-state index contributed by atoms with van der Waals surface area (Å²) in [5, 5.41) is 13.6. The molecular formula is C12H19N5O3. The number of nitrogens with one attached hydrogen (secondary N) is 1. The average molecular weight is 281 g/mol. The monoisotopic (exact) mass is 281 g/mol. The Morgan fingerprint density at radius 2 is 2.25 bits per heavy atom. The zero-order chi connectivity index (χ0) is 14.8. The van der Waals surface area contributed by atoms with Crippen LogP contribution in [0.15, 0.2) is 6.20 Å². The normalized spacial score (nSPS) is 17.1. The molecule has 110 valence electrons. The molecule has 1 heterocycles. The Labute approximate surface area is 116 Å². The number of imidazole rings is 1. The van der Waals surface area contributed by atoms with Crippen LogP contribution in [0.3, 0.4) is 0 Å². The van der Waals surface area contributed by atoms with E-state index in [4.69, 9.17) is 5.73 Å². The lowest BCUT2D eigenvalue weighted by molar-refractivity contribution is -0.389. The van der Waals surface area contributed by atoms with Gasteiger partial charge in [0.25, 0.3) is 0 Å². The number of nitro groups is 1. The lowest BCUT2D eigenvalue weighted by Crippen LogP contribution is -2.52. The van der Waals surface area contributed by atoms with Crippen molar-refractivity contribution in [1.29, 1.82) is 0 Å². The van der Waals surface area contributed by atoms with E-state index in [9.17, 15) is 14.9 Å². The molecule has 2 rings (SSSR count). The molecule has 1 aliphatic carbocycles. The molecule has 0 atom stereocenters. The summed E-state index contributed by atoms with van der Waals surface area (Å²) in [5.74, 6) is 0.0116. The second-order valence-corrected chi connectivity index (χ2v) is 5.27. The maximum atomic E-state index is 12.1. The van der Waals surface area contributed by atoms with Crippen LogP contribution in [0.1, 0.15) is 31.5 Å². The Balaban J connectivity index is 2.02. The van der Waals surface area contributed by atoms with Crippen LogP contribution in [0, 0.1) is 17.0 Å². The number of carbonyl (C=O) groups is 1. The molecule has 1 aliphatic rings. The molecule has 20 heavy (non-hydrogen) atoms. The lowest BCUT2D eigenvalue weighted by atomic mass is 9.98. The van der Waals surface area contributed by atoms with Gasteiger partial charge in [-0.2, -0.15) is 0 Å².